The lowest BCUT2D eigenvalue weighted by atomic mass is 10.0. The Bertz CT molecular complexity index is 410. The minimum atomic E-state index is -2.15. The summed E-state index contributed by atoms with van der Waals surface area (Å²) in [6.07, 6.45) is -10.4. The summed E-state index contributed by atoms with van der Waals surface area (Å²) in [7, 11) is 1.06. The molecule has 4 N–H and O–H groups in total. The fourth-order valence-corrected chi connectivity index (χ4v) is 1.71. The summed E-state index contributed by atoms with van der Waals surface area (Å²) in [6.45, 7) is 3.27. The van der Waals surface area contributed by atoms with Crippen LogP contribution in [0.1, 0.15) is 26.7 Å². The molecule has 0 fully saturated rings. The number of ether oxygens (including phenoxy) is 3. The van der Waals surface area contributed by atoms with Crippen LogP contribution in [0.4, 0.5) is 0 Å². The van der Waals surface area contributed by atoms with Crippen LogP contribution in [-0.4, -0.2) is 82.6 Å². The molecule has 0 unspecified atom stereocenters. The predicted molar refractivity (Wildman–Crippen MR) is 77.4 cm³/mol. The van der Waals surface area contributed by atoms with Crippen LogP contribution < -0.4 is 0 Å². The van der Waals surface area contributed by atoms with Crippen molar-refractivity contribution in [3.8, 4) is 0 Å². The number of aliphatic hydroxyl groups excluding tert-OH is 4. The van der Waals surface area contributed by atoms with Gasteiger partial charge in [-0.25, -0.2) is 0 Å². The highest BCUT2D eigenvalue weighted by atomic mass is 16.6. The normalized spacial score (nSPS) is 17.5. The van der Waals surface area contributed by atoms with Gasteiger partial charge in [-0.05, 0) is 13.8 Å². The molecule has 140 valence electrons. The van der Waals surface area contributed by atoms with E-state index in [1.807, 2.05) is 0 Å². The van der Waals surface area contributed by atoms with Gasteiger partial charge in [-0.3, -0.25) is 9.59 Å². The van der Waals surface area contributed by atoms with E-state index < -0.39 is 49.1 Å². The van der Waals surface area contributed by atoms with Gasteiger partial charge in [0, 0.05) is 7.11 Å². The zero-order valence-electron chi connectivity index (χ0n) is 13.7. The van der Waals surface area contributed by atoms with Gasteiger partial charge in [0.25, 0.3) is 0 Å². The molecule has 0 aliphatic heterocycles. The van der Waals surface area contributed by atoms with E-state index in [1.54, 1.807) is 13.8 Å². The topological polar surface area (TPSA) is 160 Å². The van der Waals surface area contributed by atoms with Gasteiger partial charge in [0.1, 0.15) is 24.4 Å². The first kappa shape index (κ1) is 22.4. The van der Waals surface area contributed by atoms with Crippen molar-refractivity contribution in [1.29, 1.82) is 0 Å². The fourth-order valence-electron chi connectivity index (χ4n) is 1.71. The maximum atomic E-state index is 11.5. The predicted octanol–water partition coefficient (Wildman–Crippen LogP) is -2.12. The van der Waals surface area contributed by atoms with Crippen LogP contribution >= 0.6 is 0 Å². The standard InChI is InChI=1S/C14H24O10/c1-7(2)23-9(17)4-5-10(18)24-14(21)12(20)11(19)13(22-3)8(16)6-15/h6-8,11-14,16,19-21H,4-5H2,1-3H3/t8-,11+,12-,13+,14+/m0/s1. The number of esters is 2. The fraction of sp³-hybridized carbons (Fsp3) is 0.786. The van der Waals surface area contributed by atoms with Gasteiger partial charge in [-0.2, -0.15) is 0 Å². The zero-order chi connectivity index (χ0) is 18.9. The largest absolute Gasteiger partial charge is 0.463 e. The summed E-state index contributed by atoms with van der Waals surface area (Å²) in [6, 6.07) is 0. The van der Waals surface area contributed by atoms with Crippen LogP contribution in [0.2, 0.25) is 0 Å². The van der Waals surface area contributed by atoms with E-state index in [2.05, 4.69) is 9.47 Å². The van der Waals surface area contributed by atoms with Gasteiger partial charge in [0.2, 0.25) is 6.29 Å². The van der Waals surface area contributed by atoms with Gasteiger partial charge < -0.3 is 39.4 Å². The first-order chi connectivity index (χ1) is 11.1. The molecule has 24 heavy (non-hydrogen) atoms. The van der Waals surface area contributed by atoms with Crippen LogP contribution in [0.15, 0.2) is 0 Å². The van der Waals surface area contributed by atoms with E-state index in [4.69, 9.17) is 4.74 Å². The van der Waals surface area contributed by atoms with Crippen molar-refractivity contribution in [3.63, 3.8) is 0 Å². The lowest BCUT2D eigenvalue weighted by Gasteiger charge is -2.29. The van der Waals surface area contributed by atoms with E-state index in [1.165, 1.54) is 0 Å². The summed E-state index contributed by atoms with van der Waals surface area (Å²) >= 11 is 0. The van der Waals surface area contributed by atoms with Crippen molar-refractivity contribution in [3.05, 3.63) is 0 Å². The molecule has 0 aromatic heterocycles. The highest BCUT2D eigenvalue weighted by molar-refractivity contribution is 5.77. The first-order valence-corrected chi connectivity index (χ1v) is 7.23. The van der Waals surface area contributed by atoms with Crippen LogP contribution in [0.3, 0.4) is 0 Å². The molecule has 0 heterocycles. The highest BCUT2D eigenvalue weighted by Crippen LogP contribution is 2.12. The minimum absolute atomic E-state index is 0.0723. The Balaban J connectivity index is 4.47. The summed E-state index contributed by atoms with van der Waals surface area (Å²) in [5, 5.41) is 38.3. The average molecular weight is 352 g/mol. The Kier molecular flexibility index (Phi) is 10.3. The molecule has 0 rings (SSSR count). The van der Waals surface area contributed by atoms with Gasteiger partial charge >= 0.3 is 11.9 Å². The second-order valence-electron chi connectivity index (χ2n) is 5.23. The van der Waals surface area contributed by atoms with Gasteiger partial charge in [-0.1, -0.05) is 0 Å². The minimum Gasteiger partial charge on any atom is -0.463 e. The summed E-state index contributed by atoms with van der Waals surface area (Å²) in [5.41, 5.74) is 0. The lowest BCUT2D eigenvalue weighted by molar-refractivity contribution is -0.214. The third kappa shape index (κ3) is 7.79. The molecule has 0 amide bonds. The summed E-state index contributed by atoms with van der Waals surface area (Å²) in [4.78, 5) is 33.2. The molecule has 10 nitrogen and oxygen atoms in total. The Morgan fingerprint density at radius 1 is 0.958 bits per heavy atom. The van der Waals surface area contributed by atoms with E-state index in [0.29, 0.717) is 0 Å². The summed E-state index contributed by atoms with van der Waals surface area (Å²) < 4.78 is 13.9. The third-order valence-electron chi connectivity index (χ3n) is 2.88. The Labute approximate surface area is 138 Å². The smallest absolute Gasteiger partial charge is 0.308 e. The van der Waals surface area contributed by atoms with Crippen LogP contribution in [0.5, 0.6) is 0 Å². The van der Waals surface area contributed by atoms with Crippen LogP contribution in [0.25, 0.3) is 0 Å². The molecule has 0 aromatic rings. The van der Waals surface area contributed by atoms with Crippen molar-refractivity contribution in [2.45, 2.75) is 63.5 Å². The molecular weight excluding hydrogens is 328 g/mol. The van der Waals surface area contributed by atoms with Crippen molar-refractivity contribution in [1.82, 2.24) is 0 Å². The summed E-state index contributed by atoms with van der Waals surface area (Å²) in [5.74, 6) is -1.65. The monoisotopic (exact) mass is 352 g/mol. The van der Waals surface area contributed by atoms with Gasteiger partial charge in [0.15, 0.2) is 6.29 Å². The molecule has 0 saturated heterocycles. The Hall–Kier alpha value is -1.59. The van der Waals surface area contributed by atoms with Crippen molar-refractivity contribution in [2.24, 2.45) is 0 Å². The second-order valence-corrected chi connectivity index (χ2v) is 5.23. The van der Waals surface area contributed by atoms with E-state index >= 15 is 0 Å². The maximum Gasteiger partial charge on any atom is 0.308 e. The van der Waals surface area contributed by atoms with E-state index in [0.717, 1.165) is 7.11 Å². The number of methoxy groups -OCH3 is 1. The van der Waals surface area contributed by atoms with Crippen molar-refractivity contribution >= 4 is 18.2 Å². The number of aldehydes is 1. The molecule has 0 aromatic carbocycles. The molecule has 0 aliphatic rings. The SMILES string of the molecule is CO[C@@H]([C@H](O)[C@H](O)[C@H](O)OC(=O)CCC(=O)OC(C)C)[C@@H](O)C=O. The second kappa shape index (κ2) is 11.0. The highest BCUT2D eigenvalue weighted by Gasteiger charge is 2.37. The molecule has 0 bridgehead atoms. The number of rotatable bonds is 11. The molecule has 10 heteroatoms. The van der Waals surface area contributed by atoms with Crippen molar-refractivity contribution < 1.29 is 49.0 Å². The number of aliphatic hydroxyl groups is 4. The Morgan fingerprint density at radius 3 is 1.88 bits per heavy atom. The molecule has 0 spiro atoms. The average Bonchev–Trinajstić information content (AvgIpc) is 2.51. The van der Waals surface area contributed by atoms with E-state index in [-0.39, 0.29) is 18.8 Å². The molecule has 0 aliphatic carbocycles. The first-order valence-electron chi connectivity index (χ1n) is 7.23. The van der Waals surface area contributed by atoms with Gasteiger partial charge in [-0.15, -0.1) is 0 Å². The van der Waals surface area contributed by atoms with Gasteiger partial charge in [0.05, 0.1) is 18.9 Å². The number of carbonyl (C=O) groups is 3. The Morgan fingerprint density at radius 2 is 1.46 bits per heavy atom. The zero-order valence-corrected chi connectivity index (χ0v) is 13.7. The maximum absolute atomic E-state index is 11.5. The van der Waals surface area contributed by atoms with E-state index in [9.17, 15) is 34.8 Å². The molecular formula is C14H24O10. The molecule has 5 atom stereocenters. The number of hydrogen-bond acceptors (Lipinski definition) is 10. The lowest BCUT2D eigenvalue weighted by Crippen LogP contribution is -2.51. The van der Waals surface area contributed by atoms with Crippen molar-refractivity contribution in [2.75, 3.05) is 7.11 Å². The third-order valence-corrected chi connectivity index (χ3v) is 2.88. The quantitative estimate of drug-likeness (QED) is 0.184. The number of carbonyl (C=O) groups excluding carboxylic acids is 3. The molecule has 0 saturated carbocycles. The van der Waals surface area contributed by atoms with Crippen LogP contribution in [-0.2, 0) is 28.6 Å². The number of hydrogen-bond donors (Lipinski definition) is 4. The van der Waals surface area contributed by atoms with Crippen LogP contribution in [0, 0.1) is 0 Å². The molecule has 0 radical (unpaired) electrons.